The minimum Gasteiger partial charge on any atom is -0.369 e. The Kier molecular flexibility index (Phi) is 4.97. The van der Waals surface area contributed by atoms with Crippen molar-refractivity contribution in [1.29, 1.82) is 0 Å². The predicted octanol–water partition coefficient (Wildman–Crippen LogP) is 2.28. The fraction of sp³-hybridized carbons (Fsp3) is 0.550. The lowest BCUT2D eigenvalue weighted by Crippen LogP contribution is -2.41. The van der Waals surface area contributed by atoms with Crippen molar-refractivity contribution in [2.45, 2.75) is 64.6 Å². The topological polar surface area (TPSA) is 92.5 Å². The van der Waals surface area contributed by atoms with Gasteiger partial charge >= 0.3 is 0 Å². The van der Waals surface area contributed by atoms with E-state index in [2.05, 4.69) is 5.32 Å². The molecular weight excluding hydrogens is 349 g/mol. The maximum absolute atomic E-state index is 14.6. The molecule has 3 N–H and O–H groups in total. The first kappa shape index (κ1) is 19.3. The number of primary amides is 1. The van der Waals surface area contributed by atoms with E-state index in [1.54, 1.807) is 17.9 Å². The highest BCUT2D eigenvalue weighted by atomic mass is 19.1. The molecular formula is C20H26FN3O3. The van der Waals surface area contributed by atoms with Gasteiger partial charge in [-0.2, -0.15) is 0 Å². The minimum absolute atomic E-state index is 0.136. The quantitative estimate of drug-likeness (QED) is 0.774. The Labute approximate surface area is 158 Å². The molecule has 0 spiro atoms. The molecule has 3 unspecified atom stereocenters. The number of nitrogens with one attached hydrogen (secondary N) is 1. The third kappa shape index (κ3) is 3.42. The van der Waals surface area contributed by atoms with Crippen molar-refractivity contribution < 1.29 is 18.8 Å². The average molecular weight is 375 g/mol. The lowest BCUT2D eigenvalue weighted by molar-refractivity contribution is -0.135. The van der Waals surface area contributed by atoms with Crippen LogP contribution in [0.1, 0.15) is 68.4 Å². The summed E-state index contributed by atoms with van der Waals surface area (Å²) in [5, 5.41) is 2.66. The van der Waals surface area contributed by atoms with Gasteiger partial charge in [-0.3, -0.25) is 14.4 Å². The first-order valence-electron chi connectivity index (χ1n) is 9.40. The zero-order chi connectivity index (χ0) is 19.9. The summed E-state index contributed by atoms with van der Waals surface area (Å²) >= 11 is 0. The second-order valence-corrected chi connectivity index (χ2v) is 7.87. The monoisotopic (exact) mass is 375 g/mol. The Morgan fingerprint density at radius 1 is 1.22 bits per heavy atom. The second kappa shape index (κ2) is 6.94. The molecule has 27 heavy (non-hydrogen) atoms. The van der Waals surface area contributed by atoms with Crippen LogP contribution in [0.15, 0.2) is 18.2 Å². The molecule has 2 aliphatic rings. The van der Waals surface area contributed by atoms with Gasteiger partial charge in [0.1, 0.15) is 11.2 Å². The van der Waals surface area contributed by atoms with Crippen molar-refractivity contribution in [1.82, 2.24) is 10.2 Å². The van der Waals surface area contributed by atoms with Crippen LogP contribution in [0, 0.1) is 11.2 Å². The summed E-state index contributed by atoms with van der Waals surface area (Å²) in [7, 11) is 0. The third-order valence-corrected chi connectivity index (χ3v) is 5.90. The van der Waals surface area contributed by atoms with Gasteiger partial charge in [-0.25, -0.2) is 4.39 Å². The van der Waals surface area contributed by atoms with E-state index in [-0.39, 0.29) is 23.6 Å². The largest absolute Gasteiger partial charge is 0.369 e. The van der Waals surface area contributed by atoms with Gasteiger partial charge in [-0.05, 0) is 58.6 Å². The number of nitrogens with two attached hydrogens (primary N) is 1. The van der Waals surface area contributed by atoms with Crippen LogP contribution in [0.25, 0.3) is 0 Å². The second-order valence-electron chi connectivity index (χ2n) is 7.87. The highest BCUT2D eigenvalue weighted by molar-refractivity contribution is 6.07. The number of carbonyl (C=O) groups is 3. The van der Waals surface area contributed by atoms with Crippen LogP contribution in [-0.2, 0) is 9.59 Å². The molecule has 146 valence electrons. The number of nitrogens with zero attached hydrogens (tertiary/aromatic N) is 1. The zero-order valence-electron chi connectivity index (χ0n) is 15.9. The molecule has 1 aromatic rings. The number of rotatable bonds is 5. The van der Waals surface area contributed by atoms with E-state index in [4.69, 9.17) is 5.73 Å². The summed E-state index contributed by atoms with van der Waals surface area (Å²) in [4.78, 5) is 38.3. The van der Waals surface area contributed by atoms with Crippen molar-refractivity contribution >= 4 is 17.7 Å². The van der Waals surface area contributed by atoms with Gasteiger partial charge in [-0.1, -0.05) is 6.07 Å². The summed E-state index contributed by atoms with van der Waals surface area (Å²) in [5.74, 6) is -1.86. The van der Waals surface area contributed by atoms with Gasteiger partial charge in [0.05, 0.1) is 6.04 Å². The van der Waals surface area contributed by atoms with E-state index in [1.165, 1.54) is 12.1 Å². The molecule has 3 atom stereocenters. The van der Waals surface area contributed by atoms with Gasteiger partial charge in [0.15, 0.2) is 0 Å². The van der Waals surface area contributed by atoms with Crippen LogP contribution < -0.4 is 11.1 Å². The molecule has 1 aliphatic carbocycles. The number of likely N-dealkylation sites (tertiary alicyclic amines) is 1. The van der Waals surface area contributed by atoms with Crippen LogP contribution >= 0.6 is 0 Å². The Bertz CT molecular complexity index is 781. The van der Waals surface area contributed by atoms with E-state index in [0.717, 1.165) is 12.8 Å². The number of carbonyl (C=O) groups excluding carboxylic acids is 3. The van der Waals surface area contributed by atoms with Crippen LogP contribution in [0.2, 0.25) is 0 Å². The van der Waals surface area contributed by atoms with E-state index in [0.29, 0.717) is 18.4 Å². The first-order chi connectivity index (χ1) is 12.7. The number of hydrogen-bond donors (Lipinski definition) is 2. The first-order valence-corrected chi connectivity index (χ1v) is 9.40. The van der Waals surface area contributed by atoms with Crippen molar-refractivity contribution in [3.63, 3.8) is 0 Å². The summed E-state index contributed by atoms with van der Waals surface area (Å²) in [6.07, 6.45) is 2.72. The van der Waals surface area contributed by atoms with Crippen LogP contribution in [0.3, 0.4) is 0 Å². The summed E-state index contributed by atoms with van der Waals surface area (Å²) in [6.45, 7) is 5.63. The molecule has 1 saturated heterocycles. The standard InChI is InChI=1S/C20H26FN3O3/c1-11-4-5-12(2)24(11)17(25)14-6-7-15(16(21)10-14)13(3)23-19(27)20(8-9-20)18(22)26/h6-7,10-13H,4-5,8-9H2,1-3H3,(H2,22,26)(H,23,27). The van der Waals surface area contributed by atoms with Gasteiger partial charge in [0.2, 0.25) is 11.8 Å². The molecule has 0 radical (unpaired) electrons. The van der Waals surface area contributed by atoms with Gasteiger partial charge in [-0.15, -0.1) is 0 Å². The smallest absolute Gasteiger partial charge is 0.254 e. The molecule has 1 saturated carbocycles. The summed E-state index contributed by atoms with van der Waals surface area (Å²) in [6, 6.07) is 3.96. The zero-order valence-corrected chi connectivity index (χ0v) is 15.9. The Balaban J connectivity index is 1.74. The molecule has 0 aromatic heterocycles. The molecule has 7 heteroatoms. The molecule has 6 nitrogen and oxygen atoms in total. The van der Waals surface area contributed by atoms with Gasteiger partial charge in [0.25, 0.3) is 5.91 Å². The number of hydrogen-bond acceptors (Lipinski definition) is 3. The van der Waals surface area contributed by atoms with Crippen LogP contribution in [-0.4, -0.2) is 34.7 Å². The Morgan fingerprint density at radius 2 is 1.81 bits per heavy atom. The van der Waals surface area contributed by atoms with E-state index in [9.17, 15) is 18.8 Å². The highest BCUT2D eigenvalue weighted by Gasteiger charge is 2.55. The van der Waals surface area contributed by atoms with Gasteiger partial charge < -0.3 is 16.0 Å². The van der Waals surface area contributed by atoms with Crippen LogP contribution in [0.5, 0.6) is 0 Å². The predicted molar refractivity (Wildman–Crippen MR) is 98.1 cm³/mol. The molecule has 3 rings (SSSR count). The van der Waals surface area contributed by atoms with Crippen molar-refractivity contribution in [2.75, 3.05) is 0 Å². The number of benzene rings is 1. The summed E-state index contributed by atoms with van der Waals surface area (Å²) < 4.78 is 14.6. The maximum Gasteiger partial charge on any atom is 0.254 e. The fourth-order valence-electron chi connectivity index (χ4n) is 3.88. The maximum atomic E-state index is 14.6. The van der Waals surface area contributed by atoms with E-state index < -0.39 is 29.1 Å². The lowest BCUT2D eigenvalue weighted by Gasteiger charge is -2.26. The molecule has 1 heterocycles. The van der Waals surface area contributed by atoms with E-state index in [1.807, 2.05) is 13.8 Å². The number of halogens is 1. The summed E-state index contributed by atoms with van der Waals surface area (Å²) in [5.41, 5.74) is 4.71. The molecule has 0 bridgehead atoms. The SMILES string of the molecule is CC(NC(=O)C1(C(N)=O)CC1)c1ccc(C(=O)N2C(C)CCC2C)cc1F. The van der Waals surface area contributed by atoms with Crippen molar-refractivity contribution in [3.8, 4) is 0 Å². The van der Waals surface area contributed by atoms with Crippen molar-refractivity contribution in [3.05, 3.63) is 35.1 Å². The number of amides is 3. The van der Waals surface area contributed by atoms with Crippen LogP contribution in [0.4, 0.5) is 4.39 Å². The molecule has 3 amide bonds. The fourth-order valence-corrected chi connectivity index (χ4v) is 3.88. The van der Waals surface area contributed by atoms with Crippen molar-refractivity contribution in [2.24, 2.45) is 11.1 Å². The normalized spacial score (nSPS) is 24.4. The average Bonchev–Trinajstić information content (AvgIpc) is 3.35. The minimum atomic E-state index is -1.15. The lowest BCUT2D eigenvalue weighted by atomic mass is 10.0. The Morgan fingerprint density at radius 3 is 2.30 bits per heavy atom. The third-order valence-electron chi connectivity index (χ3n) is 5.90. The Hall–Kier alpha value is -2.44. The molecule has 2 fully saturated rings. The molecule has 1 aliphatic heterocycles. The highest BCUT2D eigenvalue weighted by Crippen LogP contribution is 2.46. The van der Waals surface area contributed by atoms with Gasteiger partial charge in [0, 0.05) is 23.2 Å². The van der Waals surface area contributed by atoms with E-state index >= 15 is 0 Å². The molecule has 1 aromatic carbocycles.